The molecule has 5 heteroatoms. The number of carbonyl (C=O) groups excluding carboxylic acids is 1. The van der Waals surface area contributed by atoms with Crippen molar-refractivity contribution in [1.82, 2.24) is 0 Å². The van der Waals surface area contributed by atoms with E-state index in [0.717, 1.165) is 25.7 Å². The normalized spacial score (nSPS) is 22.5. The van der Waals surface area contributed by atoms with Gasteiger partial charge >= 0.3 is 0 Å². The van der Waals surface area contributed by atoms with E-state index in [4.69, 9.17) is 5.73 Å². The molecule has 1 aliphatic carbocycles. The quantitative estimate of drug-likeness (QED) is 0.878. The predicted molar refractivity (Wildman–Crippen MR) is 76.9 cm³/mol. The summed E-state index contributed by atoms with van der Waals surface area (Å²) in [5.41, 5.74) is 7.06. The number of halogens is 2. The average Bonchev–Trinajstić information content (AvgIpc) is 2.34. The van der Waals surface area contributed by atoms with E-state index in [2.05, 4.69) is 5.32 Å². The molecule has 0 radical (unpaired) electrons. The molecule has 1 aromatic rings. The van der Waals surface area contributed by atoms with E-state index < -0.39 is 0 Å². The van der Waals surface area contributed by atoms with E-state index in [9.17, 15) is 9.18 Å². The SMILES string of the molecule is Cc1cc(NC(=O)C2CCCC(N)C2)ccc1F.Cl. The lowest BCUT2D eigenvalue weighted by atomic mass is 9.85. The van der Waals surface area contributed by atoms with Gasteiger partial charge in [-0.3, -0.25) is 4.79 Å². The number of hydrogen-bond donors (Lipinski definition) is 2. The Kier molecular flexibility index (Phi) is 5.76. The monoisotopic (exact) mass is 286 g/mol. The van der Waals surface area contributed by atoms with Crippen LogP contribution in [0.2, 0.25) is 0 Å². The third-order valence-electron chi connectivity index (χ3n) is 3.51. The number of aryl methyl sites for hydroxylation is 1. The van der Waals surface area contributed by atoms with Gasteiger partial charge in [-0.15, -0.1) is 12.4 Å². The van der Waals surface area contributed by atoms with Gasteiger partial charge in [-0.05, 0) is 49.9 Å². The summed E-state index contributed by atoms with van der Waals surface area (Å²) in [4.78, 5) is 12.0. The van der Waals surface area contributed by atoms with Gasteiger partial charge in [0.05, 0.1) is 0 Å². The Balaban J connectivity index is 0.00000180. The zero-order valence-electron chi connectivity index (χ0n) is 11.0. The molecule has 1 aliphatic rings. The van der Waals surface area contributed by atoms with Gasteiger partial charge in [-0.1, -0.05) is 6.42 Å². The van der Waals surface area contributed by atoms with Crippen molar-refractivity contribution in [3.8, 4) is 0 Å². The van der Waals surface area contributed by atoms with E-state index in [1.165, 1.54) is 6.07 Å². The third kappa shape index (κ3) is 4.18. The highest BCUT2D eigenvalue weighted by molar-refractivity contribution is 5.92. The van der Waals surface area contributed by atoms with Crippen LogP contribution in [-0.2, 0) is 4.79 Å². The fraction of sp³-hybridized carbons (Fsp3) is 0.500. The maximum Gasteiger partial charge on any atom is 0.227 e. The molecule has 1 amide bonds. The third-order valence-corrected chi connectivity index (χ3v) is 3.51. The largest absolute Gasteiger partial charge is 0.328 e. The molecule has 19 heavy (non-hydrogen) atoms. The fourth-order valence-corrected chi connectivity index (χ4v) is 2.43. The predicted octanol–water partition coefficient (Wildman–Crippen LogP) is 3.01. The molecule has 1 fully saturated rings. The highest BCUT2D eigenvalue weighted by Gasteiger charge is 2.25. The molecular weight excluding hydrogens is 267 g/mol. The Hall–Kier alpha value is -1.13. The molecule has 3 nitrogen and oxygen atoms in total. The van der Waals surface area contributed by atoms with Crippen LogP contribution in [0.5, 0.6) is 0 Å². The summed E-state index contributed by atoms with van der Waals surface area (Å²) in [6.07, 6.45) is 3.63. The molecule has 3 N–H and O–H groups in total. The number of amides is 1. The van der Waals surface area contributed by atoms with Crippen molar-refractivity contribution in [3.63, 3.8) is 0 Å². The Morgan fingerprint density at radius 2 is 2.16 bits per heavy atom. The van der Waals surface area contributed by atoms with E-state index in [1.807, 2.05) is 0 Å². The van der Waals surface area contributed by atoms with Crippen molar-refractivity contribution in [2.24, 2.45) is 11.7 Å². The van der Waals surface area contributed by atoms with Crippen LogP contribution in [0.15, 0.2) is 18.2 Å². The zero-order valence-corrected chi connectivity index (χ0v) is 11.8. The van der Waals surface area contributed by atoms with Gasteiger partial charge in [0.2, 0.25) is 5.91 Å². The Labute approximate surface area is 119 Å². The van der Waals surface area contributed by atoms with Crippen LogP contribution in [0.1, 0.15) is 31.2 Å². The first kappa shape index (κ1) is 15.9. The molecule has 0 aliphatic heterocycles. The molecule has 1 saturated carbocycles. The first-order valence-corrected chi connectivity index (χ1v) is 6.39. The second kappa shape index (κ2) is 6.87. The van der Waals surface area contributed by atoms with Crippen LogP contribution in [0.25, 0.3) is 0 Å². The number of anilines is 1. The lowest BCUT2D eigenvalue weighted by Crippen LogP contribution is -2.34. The minimum absolute atomic E-state index is 0. The van der Waals surface area contributed by atoms with Crippen molar-refractivity contribution >= 4 is 24.0 Å². The lowest BCUT2D eigenvalue weighted by Gasteiger charge is -2.25. The van der Waals surface area contributed by atoms with Crippen molar-refractivity contribution in [2.75, 3.05) is 5.32 Å². The summed E-state index contributed by atoms with van der Waals surface area (Å²) < 4.78 is 13.1. The van der Waals surface area contributed by atoms with Gasteiger partial charge in [0.1, 0.15) is 5.82 Å². The van der Waals surface area contributed by atoms with E-state index in [0.29, 0.717) is 11.3 Å². The zero-order chi connectivity index (χ0) is 13.1. The van der Waals surface area contributed by atoms with Gasteiger partial charge in [0.25, 0.3) is 0 Å². The van der Waals surface area contributed by atoms with Crippen LogP contribution in [0.4, 0.5) is 10.1 Å². The standard InChI is InChI=1S/C14H19FN2O.ClH/c1-9-7-12(5-6-13(9)15)17-14(18)10-3-2-4-11(16)8-10;/h5-7,10-11H,2-4,8,16H2,1H3,(H,17,18);1H. The van der Waals surface area contributed by atoms with E-state index in [-0.39, 0.29) is 36.1 Å². The number of benzene rings is 1. The summed E-state index contributed by atoms with van der Waals surface area (Å²) in [6.45, 7) is 1.68. The van der Waals surface area contributed by atoms with Crippen molar-refractivity contribution in [2.45, 2.75) is 38.6 Å². The number of rotatable bonds is 2. The van der Waals surface area contributed by atoms with Crippen LogP contribution in [0, 0.1) is 18.7 Å². The summed E-state index contributed by atoms with van der Waals surface area (Å²) in [5, 5.41) is 2.84. The van der Waals surface area contributed by atoms with Crippen molar-refractivity contribution in [1.29, 1.82) is 0 Å². The van der Waals surface area contributed by atoms with Crippen LogP contribution >= 0.6 is 12.4 Å². The summed E-state index contributed by atoms with van der Waals surface area (Å²) in [5.74, 6) is -0.275. The highest BCUT2D eigenvalue weighted by atomic mass is 35.5. The van der Waals surface area contributed by atoms with E-state index >= 15 is 0 Å². The Morgan fingerprint density at radius 1 is 1.42 bits per heavy atom. The number of carbonyl (C=O) groups is 1. The number of nitrogens with two attached hydrogens (primary N) is 1. The van der Waals surface area contributed by atoms with Crippen LogP contribution < -0.4 is 11.1 Å². The van der Waals surface area contributed by atoms with Gasteiger partial charge in [-0.25, -0.2) is 4.39 Å². The molecule has 2 atom stereocenters. The summed E-state index contributed by atoms with van der Waals surface area (Å²) in [6, 6.07) is 4.74. The summed E-state index contributed by atoms with van der Waals surface area (Å²) >= 11 is 0. The number of hydrogen-bond acceptors (Lipinski definition) is 2. The molecule has 2 unspecified atom stereocenters. The molecule has 2 rings (SSSR count). The maximum atomic E-state index is 13.1. The minimum Gasteiger partial charge on any atom is -0.328 e. The second-order valence-corrected chi connectivity index (χ2v) is 5.08. The van der Waals surface area contributed by atoms with Crippen molar-refractivity contribution < 1.29 is 9.18 Å². The molecule has 0 bridgehead atoms. The molecule has 0 aromatic heterocycles. The molecule has 0 spiro atoms. The Bertz CT molecular complexity index is 453. The smallest absolute Gasteiger partial charge is 0.227 e. The molecule has 106 valence electrons. The first-order chi connectivity index (χ1) is 8.56. The summed E-state index contributed by atoms with van der Waals surface area (Å²) in [7, 11) is 0. The lowest BCUT2D eigenvalue weighted by molar-refractivity contribution is -0.120. The Morgan fingerprint density at radius 3 is 2.79 bits per heavy atom. The first-order valence-electron chi connectivity index (χ1n) is 6.39. The van der Waals surface area contributed by atoms with Gasteiger partial charge in [0, 0.05) is 17.6 Å². The molecule has 0 saturated heterocycles. The van der Waals surface area contributed by atoms with E-state index in [1.54, 1.807) is 19.1 Å². The van der Waals surface area contributed by atoms with Crippen molar-refractivity contribution in [3.05, 3.63) is 29.6 Å². The van der Waals surface area contributed by atoms with Gasteiger partial charge in [-0.2, -0.15) is 0 Å². The second-order valence-electron chi connectivity index (χ2n) is 5.08. The average molecular weight is 287 g/mol. The fourth-order valence-electron chi connectivity index (χ4n) is 2.43. The molecule has 1 aromatic carbocycles. The van der Waals surface area contributed by atoms with Gasteiger partial charge < -0.3 is 11.1 Å². The number of nitrogens with one attached hydrogen (secondary N) is 1. The van der Waals surface area contributed by atoms with Gasteiger partial charge in [0.15, 0.2) is 0 Å². The topological polar surface area (TPSA) is 55.1 Å². The molecule has 0 heterocycles. The maximum absolute atomic E-state index is 13.1. The minimum atomic E-state index is -0.257. The van der Waals surface area contributed by atoms with Crippen LogP contribution in [0.3, 0.4) is 0 Å². The van der Waals surface area contributed by atoms with Crippen LogP contribution in [-0.4, -0.2) is 11.9 Å². The molecular formula is C14H20ClFN2O. The highest BCUT2D eigenvalue weighted by Crippen LogP contribution is 2.24.